The zero-order chi connectivity index (χ0) is 21.3. The molecular formula is C23H23FN4O2. The minimum absolute atomic E-state index is 0.0240. The number of rotatable bonds is 6. The first kappa shape index (κ1) is 19.8. The first-order valence-corrected chi connectivity index (χ1v) is 9.98. The van der Waals surface area contributed by atoms with Gasteiger partial charge in [-0.2, -0.15) is 0 Å². The molecule has 0 unspecified atom stereocenters. The number of hydrogen-bond acceptors (Lipinski definition) is 3. The average molecular weight is 406 g/mol. The summed E-state index contributed by atoms with van der Waals surface area (Å²) in [5.41, 5.74) is 2.00. The summed E-state index contributed by atoms with van der Waals surface area (Å²) in [6.07, 6.45) is 2.28. The molecule has 30 heavy (non-hydrogen) atoms. The molecule has 0 aliphatic carbocycles. The lowest BCUT2D eigenvalue weighted by molar-refractivity contribution is -0.122. The highest BCUT2D eigenvalue weighted by molar-refractivity contribution is 6.06. The average Bonchev–Trinajstić information content (AvgIpc) is 3.04. The van der Waals surface area contributed by atoms with Gasteiger partial charge in [0.15, 0.2) is 0 Å². The Morgan fingerprint density at radius 3 is 2.70 bits per heavy atom. The van der Waals surface area contributed by atoms with E-state index in [1.165, 1.54) is 23.0 Å². The van der Waals surface area contributed by atoms with E-state index in [0.717, 1.165) is 12.0 Å². The standard InChI is InChI=1S/C23H23FN4O2/c1-3-15(2)26-20(29)13-28-19-10-9-17(24)11-18(19)21-22(28)23(30)27(14-25-21)12-16-7-5-4-6-8-16/h4-11,14-15H,3,12-13H2,1-2H3,(H,26,29)/t15-/m1/s1. The van der Waals surface area contributed by atoms with E-state index in [4.69, 9.17) is 0 Å². The van der Waals surface area contributed by atoms with Gasteiger partial charge in [0.25, 0.3) is 5.56 Å². The number of fused-ring (bicyclic) bond motifs is 3. The van der Waals surface area contributed by atoms with E-state index in [9.17, 15) is 14.0 Å². The summed E-state index contributed by atoms with van der Waals surface area (Å²) >= 11 is 0. The van der Waals surface area contributed by atoms with Gasteiger partial charge >= 0.3 is 0 Å². The Kier molecular flexibility index (Phi) is 5.35. The monoisotopic (exact) mass is 406 g/mol. The van der Waals surface area contributed by atoms with Gasteiger partial charge in [0.1, 0.15) is 23.4 Å². The second-order valence-electron chi connectivity index (χ2n) is 7.48. The highest BCUT2D eigenvalue weighted by atomic mass is 19.1. The molecule has 0 radical (unpaired) electrons. The molecule has 4 rings (SSSR count). The van der Waals surface area contributed by atoms with Gasteiger partial charge < -0.3 is 9.88 Å². The van der Waals surface area contributed by atoms with Crippen molar-refractivity contribution >= 4 is 27.8 Å². The molecule has 2 aromatic carbocycles. The van der Waals surface area contributed by atoms with Crippen LogP contribution in [0.25, 0.3) is 21.9 Å². The quantitative estimate of drug-likeness (QED) is 0.533. The van der Waals surface area contributed by atoms with Crippen LogP contribution in [0.1, 0.15) is 25.8 Å². The van der Waals surface area contributed by atoms with Crippen molar-refractivity contribution in [3.8, 4) is 0 Å². The highest BCUT2D eigenvalue weighted by Gasteiger charge is 2.19. The van der Waals surface area contributed by atoms with Crippen molar-refractivity contribution in [1.29, 1.82) is 0 Å². The molecule has 1 N–H and O–H groups in total. The Hall–Kier alpha value is -3.48. The summed E-state index contributed by atoms with van der Waals surface area (Å²) < 4.78 is 17.1. The second kappa shape index (κ2) is 8.10. The van der Waals surface area contributed by atoms with Gasteiger partial charge in [-0.05, 0) is 37.1 Å². The van der Waals surface area contributed by atoms with Crippen molar-refractivity contribution in [1.82, 2.24) is 19.4 Å². The number of halogens is 1. The van der Waals surface area contributed by atoms with Gasteiger partial charge in [-0.25, -0.2) is 9.37 Å². The van der Waals surface area contributed by atoms with Gasteiger partial charge in [0, 0.05) is 11.4 Å². The summed E-state index contributed by atoms with van der Waals surface area (Å²) in [6, 6.07) is 13.9. The minimum atomic E-state index is -0.416. The van der Waals surface area contributed by atoms with Crippen LogP contribution >= 0.6 is 0 Å². The largest absolute Gasteiger partial charge is 0.352 e. The number of carbonyl (C=O) groups is 1. The number of nitrogens with one attached hydrogen (secondary N) is 1. The summed E-state index contributed by atoms with van der Waals surface area (Å²) in [7, 11) is 0. The minimum Gasteiger partial charge on any atom is -0.352 e. The molecular weight excluding hydrogens is 383 g/mol. The van der Waals surface area contributed by atoms with Crippen molar-refractivity contribution in [2.24, 2.45) is 0 Å². The van der Waals surface area contributed by atoms with E-state index in [1.54, 1.807) is 10.6 Å². The molecule has 1 atom stereocenters. The molecule has 154 valence electrons. The molecule has 0 bridgehead atoms. The number of hydrogen-bond donors (Lipinski definition) is 1. The Balaban J connectivity index is 1.87. The van der Waals surface area contributed by atoms with Crippen molar-refractivity contribution in [3.63, 3.8) is 0 Å². The van der Waals surface area contributed by atoms with Crippen molar-refractivity contribution in [2.45, 2.75) is 39.4 Å². The Morgan fingerprint density at radius 2 is 1.97 bits per heavy atom. The fourth-order valence-corrected chi connectivity index (χ4v) is 3.60. The fourth-order valence-electron chi connectivity index (χ4n) is 3.60. The van der Waals surface area contributed by atoms with Gasteiger partial charge in [-0.1, -0.05) is 37.3 Å². The van der Waals surface area contributed by atoms with Gasteiger partial charge in [0.2, 0.25) is 5.91 Å². The molecule has 0 aliphatic rings. The van der Waals surface area contributed by atoms with Crippen LogP contribution in [0.15, 0.2) is 59.7 Å². The molecule has 0 saturated carbocycles. The Morgan fingerprint density at radius 1 is 1.20 bits per heavy atom. The summed E-state index contributed by atoms with van der Waals surface area (Å²) in [6.45, 7) is 4.23. The molecule has 1 amide bonds. The predicted molar refractivity (Wildman–Crippen MR) is 115 cm³/mol. The third-order valence-electron chi connectivity index (χ3n) is 5.31. The molecule has 7 heteroatoms. The highest BCUT2D eigenvalue weighted by Crippen LogP contribution is 2.26. The van der Waals surface area contributed by atoms with Crippen molar-refractivity contribution < 1.29 is 9.18 Å². The van der Waals surface area contributed by atoms with Gasteiger partial charge in [0.05, 0.1) is 18.4 Å². The maximum Gasteiger partial charge on any atom is 0.278 e. The van der Waals surface area contributed by atoms with Gasteiger partial charge in [-0.3, -0.25) is 14.2 Å². The predicted octanol–water partition coefficient (Wildman–Crippen LogP) is 3.45. The van der Waals surface area contributed by atoms with Crippen LogP contribution in [-0.2, 0) is 17.9 Å². The topological polar surface area (TPSA) is 68.9 Å². The molecule has 6 nitrogen and oxygen atoms in total. The first-order valence-electron chi connectivity index (χ1n) is 9.98. The number of benzene rings is 2. The Bertz CT molecular complexity index is 1280. The Labute approximate surface area is 173 Å². The molecule has 0 fully saturated rings. The second-order valence-corrected chi connectivity index (χ2v) is 7.48. The van der Waals surface area contributed by atoms with Crippen LogP contribution in [0.4, 0.5) is 4.39 Å². The molecule has 0 aliphatic heterocycles. The molecule has 0 saturated heterocycles. The van der Waals surface area contributed by atoms with Crippen LogP contribution in [0, 0.1) is 5.82 Å². The molecule has 2 heterocycles. The van der Waals surface area contributed by atoms with E-state index in [0.29, 0.717) is 28.5 Å². The van der Waals surface area contributed by atoms with Crippen molar-refractivity contribution in [2.75, 3.05) is 0 Å². The number of aromatic nitrogens is 3. The third kappa shape index (κ3) is 3.70. The zero-order valence-corrected chi connectivity index (χ0v) is 16.9. The SMILES string of the molecule is CC[C@@H](C)NC(=O)Cn1c2ccc(F)cc2c2ncn(Cc3ccccc3)c(=O)c21. The van der Waals surface area contributed by atoms with E-state index in [1.807, 2.05) is 44.2 Å². The van der Waals surface area contributed by atoms with E-state index in [-0.39, 0.29) is 24.1 Å². The van der Waals surface area contributed by atoms with Gasteiger partial charge in [-0.15, -0.1) is 0 Å². The fraction of sp³-hybridized carbons (Fsp3) is 0.261. The summed E-state index contributed by atoms with van der Waals surface area (Å²) in [5.74, 6) is -0.619. The van der Waals surface area contributed by atoms with Crippen LogP contribution in [0.3, 0.4) is 0 Å². The van der Waals surface area contributed by atoms with Crippen LogP contribution < -0.4 is 10.9 Å². The van der Waals surface area contributed by atoms with Crippen LogP contribution in [0.2, 0.25) is 0 Å². The van der Waals surface area contributed by atoms with Crippen LogP contribution in [-0.4, -0.2) is 26.1 Å². The summed E-state index contributed by atoms with van der Waals surface area (Å²) in [4.78, 5) is 30.4. The lowest BCUT2D eigenvalue weighted by atomic mass is 10.2. The molecule has 4 aromatic rings. The number of carbonyl (C=O) groups excluding carboxylic acids is 1. The first-order chi connectivity index (χ1) is 14.5. The zero-order valence-electron chi connectivity index (χ0n) is 16.9. The summed E-state index contributed by atoms with van der Waals surface area (Å²) in [5, 5.41) is 3.44. The van der Waals surface area contributed by atoms with E-state index in [2.05, 4.69) is 10.3 Å². The van der Waals surface area contributed by atoms with Crippen molar-refractivity contribution in [3.05, 3.63) is 76.6 Å². The number of nitrogens with zero attached hydrogens (tertiary/aromatic N) is 3. The third-order valence-corrected chi connectivity index (χ3v) is 5.31. The van der Waals surface area contributed by atoms with E-state index < -0.39 is 5.82 Å². The smallest absolute Gasteiger partial charge is 0.278 e. The maximum atomic E-state index is 13.9. The molecule has 0 spiro atoms. The lowest BCUT2D eigenvalue weighted by Crippen LogP contribution is -2.35. The lowest BCUT2D eigenvalue weighted by Gasteiger charge is -2.13. The maximum absolute atomic E-state index is 13.9. The molecule has 2 aromatic heterocycles. The van der Waals surface area contributed by atoms with Crippen LogP contribution in [0.5, 0.6) is 0 Å². The number of amides is 1. The normalized spacial score (nSPS) is 12.4. The van der Waals surface area contributed by atoms with E-state index >= 15 is 0 Å².